The van der Waals surface area contributed by atoms with Gasteiger partial charge in [0, 0.05) is 36.2 Å². The standard InChI is InChI=1S/C19H24N2O.ClH/c22-18(11-13-9-14-5-6-15(10-13)20-14)21-12-19(7-8-19)16-3-1-2-4-17(16)21;/h1-4,13-15,20H,5-12H2;1H. The number of carbonyl (C=O) groups is 1. The summed E-state index contributed by atoms with van der Waals surface area (Å²) in [6, 6.07) is 9.93. The van der Waals surface area contributed by atoms with Crippen LogP contribution in [0.25, 0.3) is 0 Å². The van der Waals surface area contributed by atoms with Crippen molar-refractivity contribution in [3.05, 3.63) is 29.8 Å². The Morgan fingerprint density at radius 1 is 1.17 bits per heavy atom. The van der Waals surface area contributed by atoms with Crippen molar-refractivity contribution in [1.29, 1.82) is 0 Å². The first-order chi connectivity index (χ1) is 10.7. The van der Waals surface area contributed by atoms with E-state index in [2.05, 4.69) is 34.5 Å². The fourth-order valence-electron chi connectivity index (χ4n) is 5.13. The second-order valence-electron chi connectivity index (χ2n) is 7.96. The number of halogens is 1. The summed E-state index contributed by atoms with van der Waals surface area (Å²) in [5.41, 5.74) is 2.94. The summed E-state index contributed by atoms with van der Waals surface area (Å²) in [5, 5.41) is 3.68. The molecule has 1 aliphatic carbocycles. The number of nitrogens with zero attached hydrogens (tertiary/aromatic N) is 1. The van der Waals surface area contributed by atoms with Crippen LogP contribution >= 0.6 is 12.4 Å². The number of piperidine rings is 1. The smallest absolute Gasteiger partial charge is 0.227 e. The molecule has 23 heavy (non-hydrogen) atoms. The van der Waals surface area contributed by atoms with E-state index in [1.807, 2.05) is 0 Å². The summed E-state index contributed by atoms with van der Waals surface area (Å²) in [7, 11) is 0. The average molecular weight is 333 g/mol. The highest BCUT2D eigenvalue weighted by molar-refractivity contribution is 5.96. The molecule has 1 aromatic carbocycles. The quantitative estimate of drug-likeness (QED) is 0.900. The molecule has 1 aromatic rings. The third-order valence-electron chi connectivity index (χ3n) is 6.42. The Hall–Kier alpha value is -1.06. The van der Waals surface area contributed by atoms with Crippen molar-refractivity contribution < 1.29 is 4.79 Å². The van der Waals surface area contributed by atoms with Crippen LogP contribution in [-0.2, 0) is 10.2 Å². The molecule has 2 unspecified atom stereocenters. The Kier molecular flexibility index (Phi) is 3.69. The number of para-hydroxylation sites is 1. The summed E-state index contributed by atoms with van der Waals surface area (Å²) in [6.45, 7) is 0.934. The zero-order valence-electron chi connectivity index (χ0n) is 13.5. The number of rotatable bonds is 2. The maximum Gasteiger partial charge on any atom is 0.227 e. The van der Waals surface area contributed by atoms with Crippen molar-refractivity contribution >= 4 is 24.0 Å². The molecule has 3 heterocycles. The van der Waals surface area contributed by atoms with Gasteiger partial charge < -0.3 is 10.2 Å². The lowest BCUT2D eigenvalue weighted by Crippen LogP contribution is -2.40. The van der Waals surface area contributed by atoms with E-state index >= 15 is 0 Å². The molecule has 1 saturated carbocycles. The van der Waals surface area contributed by atoms with Crippen molar-refractivity contribution in [2.45, 2.75) is 62.4 Å². The first-order valence-electron chi connectivity index (χ1n) is 8.89. The van der Waals surface area contributed by atoms with Crippen LogP contribution in [0.4, 0.5) is 5.69 Å². The first-order valence-corrected chi connectivity index (χ1v) is 8.89. The normalized spacial score (nSPS) is 32.5. The molecule has 0 aromatic heterocycles. The average Bonchev–Trinajstić information content (AvgIpc) is 3.12. The minimum atomic E-state index is 0. The zero-order valence-corrected chi connectivity index (χ0v) is 14.3. The van der Waals surface area contributed by atoms with Crippen LogP contribution in [0.15, 0.2) is 24.3 Å². The van der Waals surface area contributed by atoms with Gasteiger partial charge in [0.1, 0.15) is 0 Å². The minimum Gasteiger partial charge on any atom is -0.311 e. The van der Waals surface area contributed by atoms with Gasteiger partial charge in [-0.2, -0.15) is 0 Å². The highest BCUT2D eigenvalue weighted by atomic mass is 35.5. The second kappa shape index (κ2) is 5.49. The fraction of sp³-hybridized carbons (Fsp3) is 0.632. The molecule has 3 fully saturated rings. The lowest BCUT2D eigenvalue weighted by atomic mass is 9.89. The number of hydrogen-bond donors (Lipinski definition) is 1. The predicted molar refractivity (Wildman–Crippen MR) is 94.2 cm³/mol. The van der Waals surface area contributed by atoms with Crippen LogP contribution in [0.3, 0.4) is 0 Å². The van der Waals surface area contributed by atoms with Crippen LogP contribution in [0.2, 0.25) is 0 Å². The highest BCUT2D eigenvalue weighted by Gasteiger charge is 2.52. The molecule has 3 nitrogen and oxygen atoms in total. The lowest BCUT2D eigenvalue weighted by Gasteiger charge is -2.30. The number of benzene rings is 1. The fourth-order valence-corrected chi connectivity index (χ4v) is 5.13. The Morgan fingerprint density at radius 3 is 2.57 bits per heavy atom. The van der Waals surface area contributed by atoms with E-state index in [0.29, 0.717) is 29.3 Å². The molecule has 1 amide bonds. The van der Waals surface area contributed by atoms with E-state index in [0.717, 1.165) is 13.0 Å². The minimum absolute atomic E-state index is 0. The molecular formula is C19H25ClN2O. The van der Waals surface area contributed by atoms with Gasteiger partial charge in [-0.1, -0.05) is 18.2 Å². The molecule has 4 heteroatoms. The summed E-state index contributed by atoms with van der Waals surface area (Å²) in [6.07, 6.45) is 8.28. The SMILES string of the molecule is Cl.O=C(CC1CC2CCC(C1)N2)N1CC2(CC2)c2ccccc21. The number of fused-ring (bicyclic) bond motifs is 4. The summed E-state index contributed by atoms with van der Waals surface area (Å²) < 4.78 is 0. The predicted octanol–water partition coefficient (Wildman–Crippen LogP) is 3.41. The van der Waals surface area contributed by atoms with Crippen LogP contribution in [0.1, 0.15) is 50.5 Å². The Labute approximate surface area is 144 Å². The van der Waals surface area contributed by atoms with Gasteiger partial charge in [-0.3, -0.25) is 4.79 Å². The Morgan fingerprint density at radius 2 is 1.87 bits per heavy atom. The van der Waals surface area contributed by atoms with Gasteiger partial charge in [0.05, 0.1) is 0 Å². The molecule has 4 aliphatic rings. The molecule has 2 bridgehead atoms. The van der Waals surface area contributed by atoms with Gasteiger partial charge in [0.2, 0.25) is 5.91 Å². The highest BCUT2D eigenvalue weighted by Crippen LogP contribution is 2.56. The van der Waals surface area contributed by atoms with Gasteiger partial charge in [0.25, 0.3) is 0 Å². The number of nitrogens with one attached hydrogen (secondary N) is 1. The van der Waals surface area contributed by atoms with Gasteiger partial charge in [-0.05, 0) is 56.1 Å². The van der Waals surface area contributed by atoms with Crippen LogP contribution in [0.5, 0.6) is 0 Å². The molecule has 2 saturated heterocycles. The molecule has 5 rings (SSSR count). The molecule has 3 aliphatic heterocycles. The van der Waals surface area contributed by atoms with Gasteiger partial charge in [0.15, 0.2) is 0 Å². The van der Waals surface area contributed by atoms with Crippen LogP contribution in [0, 0.1) is 5.92 Å². The zero-order chi connectivity index (χ0) is 14.7. The molecular weight excluding hydrogens is 308 g/mol. The monoisotopic (exact) mass is 332 g/mol. The van der Waals surface area contributed by atoms with Gasteiger partial charge in [-0.15, -0.1) is 12.4 Å². The van der Waals surface area contributed by atoms with E-state index in [4.69, 9.17) is 0 Å². The van der Waals surface area contributed by atoms with E-state index in [-0.39, 0.29) is 12.4 Å². The van der Waals surface area contributed by atoms with E-state index in [9.17, 15) is 4.79 Å². The molecule has 1 N–H and O–H groups in total. The van der Waals surface area contributed by atoms with Crippen molar-refractivity contribution in [2.24, 2.45) is 5.92 Å². The van der Waals surface area contributed by atoms with Gasteiger partial charge >= 0.3 is 0 Å². The van der Waals surface area contributed by atoms with Crippen molar-refractivity contribution in [3.8, 4) is 0 Å². The maximum atomic E-state index is 12.9. The molecule has 124 valence electrons. The topological polar surface area (TPSA) is 32.3 Å². The summed E-state index contributed by atoms with van der Waals surface area (Å²) >= 11 is 0. The van der Waals surface area contributed by atoms with Crippen LogP contribution in [-0.4, -0.2) is 24.5 Å². The van der Waals surface area contributed by atoms with Crippen molar-refractivity contribution in [1.82, 2.24) is 5.32 Å². The van der Waals surface area contributed by atoms with E-state index in [1.54, 1.807) is 0 Å². The van der Waals surface area contributed by atoms with E-state index < -0.39 is 0 Å². The summed E-state index contributed by atoms with van der Waals surface area (Å²) in [4.78, 5) is 15.0. The lowest BCUT2D eigenvalue weighted by molar-refractivity contribution is -0.119. The third kappa shape index (κ3) is 2.49. The molecule has 2 atom stereocenters. The summed E-state index contributed by atoms with van der Waals surface area (Å²) in [5.74, 6) is 0.955. The first kappa shape index (κ1) is 15.5. The Bertz CT molecular complexity index is 616. The molecule has 0 radical (unpaired) electrons. The number of anilines is 1. The van der Waals surface area contributed by atoms with Crippen molar-refractivity contribution in [2.75, 3.05) is 11.4 Å². The van der Waals surface area contributed by atoms with Crippen molar-refractivity contribution in [3.63, 3.8) is 0 Å². The Balaban J connectivity index is 0.00000135. The third-order valence-corrected chi connectivity index (χ3v) is 6.42. The maximum absolute atomic E-state index is 12.9. The number of amides is 1. The number of hydrogen-bond acceptors (Lipinski definition) is 2. The van der Waals surface area contributed by atoms with E-state index in [1.165, 1.54) is 49.8 Å². The number of carbonyl (C=O) groups excluding carboxylic acids is 1. The van der Waals surface area contributed by atoms with Crippen LogP contribution < -0.4 is 10.2 Å². The largest absolute Gasteiger partial charge is 0.311 e. The molecule has 1 spiro atoms. The second-order valence-corrected chi connectivity index (χ2v) is 7.96. The van der Waals surface area contributed by atoms with Gasteiger partial charge in [-0.25, -0.2) is 0 Å².